The standard InChI is InChI=1S/C30H31O3P/c1-22(31)27-15-9-10-16-28(27)34-29-20-25(17-23-11-5-3-6-12-23)19-26(30(29)33-21-32-2)18-24-13-7-4-8-14-24/h3-16,19-20,22,31,34H,17-18,21H2,1-2H3. The molecule has 0 saturated heterocycles. The van der Waals surface area contributed by atoms with Crippen molar-refractivity contribution in [2.45, 2.75) is 25.9 Å². The van der Waals surface area contributed by atoms with E-state index >= 15 is 0 Å². The summed E-state index contributed by atoms with van der Waals surface area (Å²) in [5.74, 6) is 0.876. The van der Waals surface area contributed by atoms with E-state index < -0.39 is 6.10 Å². The van der Waals surface area contributed by atoms with Crippen LogP contribution in [-0.4, -0.2) is 19.0 Å². The van der Waals surface area contributed by atoms with Gasteiger partial charge < -0.3 is 14.6 Å². The minimum absolute atomic E-state index is 0.190. The van der Waals surface area contributed by atoms with Crippen LogP contribution in [0.3, 0.4) is 0 Å². The quantitative estimate of drug-likeness (QED) is 0.245. The molecule has 0 amide bonds. The molecule has 34 heavy (non-hydrogen) atoms. The van der Waals surface area contributed by atoms with Crippen molar-refractivity contribution in [3.8, 4) is 5.75 Å². The smallest absolute Gasteiger partial charge is 0.188 e. The number of aliphatic hydroxyl groups is 1. The Bertz CT molecular complexity index is 1190. The molecule has 2 unspecified atom stereocenters. The number of rotatable bonds is 10. The fraction of sp³-hybridized carbons (Fsp3) is 0.200. The molecular formula is C30H31O3P. The third-order valence-electron chi connectivity index (χ3n) is 5.72. The highest BCUT2D eigenvalue weighted by Crippen LogP contribution is 2.30. The van der Waals surface area contributed by atoms with Crippen LogP contribution in [0, 0.1) is 0 Å². The van der Waals surface area contributed by atoms with Crippen molar-refractivity contribution < 1.29 is 14.6 Å². The van der Waals surface area contributed by atoms with Gasteiger partial charge in [0.05, 0.1) is 6.10 Å². The lowest BCUT2D eigenvalue weighted by Crippen LogP contribution is -2.17. The molecule has 4 aromatic rings. The zero-order valence-corrected chi connectivity index (χ0v) is 20.7. The molecule has 0 bridgehead atoms. The fourth-order valence-corrected chi connectivity index (χ4v) is 5.65. The lowest BCUT2D eigenvalue weighted by molar-refractivity contribution is 0.0513. The highest BCUT2D eigenvalue weighted by atomic mass is 31.1. The highest BCUT2D eigenvalue weighted by Gasteiger charge is 2.17. The second-order valence-electron chi connectivity index (χ2n) is 8.40. The van der Waals surface area contributed by atoms with E-state index in [1.54, 1.807) is 7.11 Å². The summed E-state index contributed by atoms with van der Waals surface area (Å²) in [5.41, 5.74) is 5.86. The maximum atomic E-state index is 10.3. The number of hydrogen-bond acceptors (Lipinski definition) is 3. The predicted octanol–water partition coefficient (Wildman–Crippen LogP) is 5.53. The Labute approximate surface area is 204 Å². The number of ether oxygens (including phenoxy) is 2. The minimum atomic E-state index is -0.525. The molecule has 2 atom stereocenters. The molecule has 0 aliphatic rings. The van der Waals surface area contributed by atoms with Gasteiger partial charge in [0.2, 0.25) is 0 Å². The fourth-order valence-electron chi connectivity index (χ4n) is 4.14. The lowest BCUT2D eigenvalue weighted by atomic mass is 9.98. The molecule has 4 rings (SSSR count). The molecule has 0 saturated carbocycles. The second-order valence-corrected chi connectivity index (χ2v) is 9.72. The van der Waals surface area contributed by atoms with Gasteiger partial charge in [-0.15, -0.1) is 0 Å². The lowest BCUT2D eigenvalue weighted by Gasteiger charge is -2.20. The van der Waals surface area contributed by atoms with Gasteiger partial charge in [-0.2, -0.15) is 0 Å². The van der Waals surface area contributed by atoms with Gasteiger partial charge in [-0.25, -0.2) is 0 Å². The third kappa shape index (κ3) is 6.33. The van der Waals surface area contributed by atoms with Gasteiger partial charge in [0.1, 0.15) is 5.75 Å². The van der Waals surface area contributed by atoms with E-state index in [0.717, 1.165) is 40.3 Å². The Morgan fingerprint density at radius 2 is 1.35 bits per heavy atom. The molecule has 0 spiro atoms. The van der Waals surface area contributed by atoms with E-state index in [9.17, 15) is 5.11 Å². The van der Waals surface area contributed by atoms with Crippen LogP contribution in [0.15, 0.2) is 97.1 Å². The first-order valence-corrected chi connectivity index (χ1v) is 12.5. The Hall–Kier alpha value is -2.97. The van der Waals surface area contributed by atoms with Crippen LogP contribution in [-0.2, 0) is 17.6 Å². The van der Waals surface area contributed by atoms with Gasteiger partial charge in [0.15, 0.2) is 6.79 Å². The largest absolute Gasteiger partial charge is 0.467 e. The SMILES string of the molecule is COCOc1c(Cc2ccccc2)cc(Cc2ccccc2)cc1Pc1ccccc1C(C)O. The van der Waals surface area contributed by atoms with Gasteiger partial charge in [0.25, 0.3) is 0 Å². The monoisotopic (exact) mass is 470 g/mol. The van der Waals surface area contributed by atoms with Gasteiger partial charge >= 0.3 is 0 Å². The molecule has 174 valence electrons. The summed E-state index contributed by atoms with van der Waals surface area (Å²) in [6, 6.07) is 33.6. The van der Waals surface area contributed by atoms with Crippen molar-refractivity contribution in [3.05, 3.63) is 125 Å². The molecule has 0 aromatic heterocycles. The summed E-state index contributed by atoms with van der Waals surface area (Å²) >= 11 is 0. The Balaban J connectivity index is 1.80. The summed E-state index contributed by atoms with van der Waals surface area (Å²) < 4.78 is 11.5. The van der Waals surface area contributed by atoms with E-state index in [-0.39, 0.29) is 6.79 Å². The van der Waals surface area contributed by atoms with E-state index in [0.29, 0.717) is 8.58 Å². The average molecular weight is 471 g/mol. The van der Waals surface area contributed by atoms with Gasteiger partial charge in [-0.1, -0.05) is 99.6 Å². The van der Waals surface area contributed by atoms with E-state index in [4.69, 9.17) is 9.47 Å². The van der Waals surface area contributed by atoms with Crippen molar-refractivity contribution in [2.75, 3.05) is 13.9 Å². The van der Waals surface area contributed by atoms with Crippen LogP contribution < -0.4 is 15.3 Å². The molecule has 0 aliphatic heterocycles. The summed E-state index contributed by atoms with van der Waals surface area (Å²) in [6.45, 7) is 2.01. The summed E-state index contributed by atoms with van der Waals surface area (Å²) in [6.07, 6.45) is 1.10. The van der Waals surface area contributed by atoms with Crippen LogP contribution in [0.4, 0.5) is 0 Å². The molecular weight excluding hydrogens is 439 g/mol. The minimum Gasteiger partial charge on any atom is -0.467 e. The second kappa shape index (κ2) is 11.9. The number of methoxy groups -OCH3 is 1. The normalized spacial score (nSPS) is 12.2. The molecule has 0 heterocycles. The first-order valence-electron chi connectivity index (χ1n) is 11.5. The van der Waals surface area contributed by atoms with Crippen molar-refractivity contribution in [3.63, 3.8) is 0 Å². The van der Waals surface area contributed by atoms with Crippen molar-refractivity contribution in [1.29, 1.82) is 0 Å². The summed E-state index contributed by atoms with van der Waals surface area (Å²) in [4.78, 5) is 0. The van der Waals surface area contributed by atoms with E-state index in [1.807, 2.05) is 37.3 Å². The van der Waals surface area contributed by atoms with Crippen LogP contribution in [0.25, 0.3) is 0 Å². The Kier molecular flexibility index (Phi) is 8.49. The molecule has 3 nitrogen and oxygen atoms in total. The van der Waals surface area contributed by atoms with Crippen molar-refractivity contribution in [1.82, 2.24) is 0 Å². The van der Waals surface area contributed by atoms with Crippen LogP contribution in [0.5, 0.6) is 5.75 Å². The van der Waals surface area contributed by atoms with Crippen LogP contribution in [0.2, 0.25) is 0 Å². The molecule has 4 heteroatoms. The number of hydrogen-bond donors (Lipinski definition) is 1. The molecule has 0 fully saturated rings. The summed E-state index contributed by atoms with van der Waals surface area (Å²) in [5, 5.41) is 12.6. The zero-order chi connectivity index (χ0) is 23.8. The summed E-state index contributed by atoms with van der Waals surface area (Å²) in [7, 11) is 2.00. The highest BCUT2D eigenvalue weighted by molar-refractivity contribution is 7.55. The third-order valence-corrected chi connectivity index (χ3v) is 7.08. The molecule has 0 radical (unpaired) electrons. The Morgan fingerprint density at radius 1 is 0.735 bits per heavy atom. The average Bonchev–Trinajstić information content (AvgIpc) is 2.85. The number of aliphatic hydroxyl groups excluding tert-OH is 1. The van der Waals surface area contributed by atoms with Gasteiger partial charge in [0, 0.05) is 18.8 Å². The predicted molar refractivity (Wildman–Crippen MR) is 142 cm³/mol. The van der Waals surface area contributed by atoms with Crippen molar-refractivity contribution >= 4 is 19.2 Å². The first-order chi connectivity index (χ1) is 16.6. The van der Waals surface area contributed by atoms with Gasteiger partial charge in [-0.3, -0.25) is 0 Å². The van der Waals surface area contributed by atoms with Crippen LogP contribution >= 0.6 is 8.58 Å². The molecule has 4 aromatic carbocycles. The maximum absolute atomic E-state index is 10.3. The van der Waals surface area contributed by atoms with Crippen LogP contribution in [0.1, 0.15) is 40.8 Å². The molecule has 0 aliphatic carbocycles. The number of benzene rings is 4. The van der Waals surface area contributed by atoms with E-state index in [1.165, 1.54) is 16.7 Å². The van der Waals surface area contributed by atoms with Crippen molar-refractivity contribution in [2.24, 2.45) is 0 Å². The zero-order valence-electron chi connectivity index (χ0n) is 19.7. The van der Waals surface area contributed by atoms with Gasteiger partial charge in [-0.05, 0) is 52.5 Å². The van der Waals surface area contributed by atoms with E-state index in [2.05, 4.69) is 66.7 Å². The topological polar surface area (TPSA) is 38.7 Å². The maximum Gasteiger partial charge on any atom is 0.188 e. The first kappa shape index (κ1) is 24.2. The Morgan fingerprint density at radius 3 is 2.00 bits per heavy atom. The molecule has 1 N–H and O–H groups in total.